The van der Waals surface area contributed by atoms with Gasteiger partial charge in [0.2, 0.25) is 0 Å². The van der Waals surface area contributed by atoms with Crippen LogP contribution in [0, 0.1) is 0 Å². The summed E-state index contributed by atoms with van der Waals surface area (Å²) >= 11 is 0. The smallest absolute Gasteiger partial charge is 0.261 e. The molecule has 1 aliphatic heterocycles. The lowest BCUT2D eigenvalue weighted by molar-refractivity contribution is 0.0979. The van der Waals surface area contributed by atoms with Crippen LogP contribution >= 0.6 is 0 Å². The number of H-pyrrole nitrogens is 1. The topological polar surface area (TPSA) is 75.0 Å². The molecule has 0 fully saturated rings. The van der Waals surface area contributed by atoms with E-state index in [1.807, 2.05) is 41.4 Å². The highest BCUT2D eigenvalue weighted by molar-refractivity contribution is 6.10. The van der Waals surface area contributed by atoms with Crippen LogP contribution in [-0.4, -0.2) is 15.9 Å². The number of aromatic nitrogens is 2. The average molecular weight is 346 g/mol. The summed E-state index contributed by atoms with van der Waals surface area (Å²) in [4.78, 5) is 23.2. The molecule has 26 heavy (non-hydrogen) atoms. The zero-order chi connectivity index (χ0) is 18.1. The molecule has 0 unspecified atom stereocenters. The molecule has 0 bridgehead atoms. The molecule has 0 aliphatic carbocycles. The van der Waals surface area contributed by atoms with E-state index in [9.17, 15) is 4.79 Å². The van der Waals surface area contributed by atoms with E-state index in [2.05, 4.69) is 23.0 Å². The van der Waals surface area contributed by atoms with E-state index in [0.717, 1.165) is 42.0 Å². The zero-order valence-electron chi connectivity index (χ0n) is 14.8. The fourth-order valence-corrected chi connectivity index (χ4v) is 3.62. The highest BCUT2D eigenvalue weighted by Gasteiger charge is 2.37. The number of carbonyl (C=O) groups excluding carboxylic acids is 1. The maximum atomic E-state index is 13.4. The molecule has 3 N–H and O–H groups in total. The van der Waals surface area contributed by atoms with Crippen molar-refractivity contribution in [3.8, 4) is 0 Å². The Hall–Kier alpha value is -3.08. The van der Waals surface area contributed by atoms with Gasteiger partial charge >= 0.3 is 0 Å². The Balaban J connectivity index is 1.76. The van der Waals surface area contributed by atoms with E-state index in [1.54, 1.807) is 12.1 Å². The molecule has 2 aromatic carbocycles. The Bertz CT molecular complexity index is 946. The Morgan fingerprint density at radius 2 is 2.00 bits per heavy atom. The molecule has 4 rings (SSSR count). The number of anilines is 2. The number of rotatable bonds is 4. The molecule has 1 amide bonds. The number of nitrogens with two attached hydrogens (primary N) is 1. The summed E-state index contributed by atoms with van der Waals surface area (Å²) < 4.78 is 0. The maximum Gasteiger partial charge on any atom is 0.261 e. The first-order chi connectivity index (χ1) is 12.7. The summed E-state index contributed by atoms with van der Waals surface area (Å²) in [5.74, 6) is 0.735. The van der Waals surface area contributed by atoms with Gasteiger partial charge in [-0.25, -0.2) is 4.98 Å². The van der Waals surface area contributed by atoms with E-state index < -0.39 is 0 Å². The fraction of sp³-hybridized carbons (Fsp3) is 0.238. The van der Waals surface area contributed by atoms with E-state index >= 15 is 0 Å². The van der Waals surface area contributed by atoms with Crippen LogP contribution in [0.4, 0.5) is 11.4 Å². The quantitative estimate of drug-likeness (QED) is 0.704. The summed E-state index contributed by atoms with van der Waals surface area (Å²) in [6.07, 6.45) is 4.62. The third kappa shape index (κ3) is 2.75. The third-order valence-electron chi connectivity index (χ3n) is 4.87. The Labute approximate surface area is 152 Å². The van der Waals surface area contributed by atoms with Gasteiger partial charge in [-0.3, -0.25) is 9.69 Å². The van der Waals surface area contributed by atoms with Gasteiger partial charge in [-0.2, -0.15) is 0 Å². The molecule has 1 aromatic heterocycles. The number of hydrogen-bond donors (Lipinski definition) is 2. The van der Waals surface area contributed by atoms with Crippen LogP contribution in [0.5, 0.6) is 0 Å². The molecule has 1 aliphatic rings. The number of carbonyl (C=O) groups is 1. The Kier molecular flexibility index (Phi) is 4.21. The second kappa shape index (κ2) is 6.67. The van der Waals surface area contributed by atoms with Crippen LogP contribution in [0.15, 0.2) is 54.7 Å². The first kappa shape index (κ1) is 16.4. The molecule has 0 spiro atoms. The van der Waals surface area contributed by atoms with Crippen LogP contribution in [0.3, 0.4) is 0 Å². The highest BCUT2D eigenvalue weighted by atomic mass is 16.2. The summed E-state index contributed by atoms with van der Waals surface area (Å²) in [5.41, 5.74) is 10.3. The van der Waals surface area contributed by atoms with Crippen molar-refractivity contribution in [1.82, 2.24) is 9.97 Å². The number of nitrogens with zero attached hydrogens (tertiary/aromatic N) is 2. The minimum absolute atomic E-state index is 0.0912. The van der Waals surface area contributed by atoms with Crippen molar-refractivity contribution in [2.45, 2.75) is 32.2 Å². The number of imidazole rings is 1. The molecule has 0 saturated heterocycles. The maximum absolute atomic E-state index is 13.4. The zero-order valence-corrected chi connectivity index (χ0v) is 14.8. The summed E-state index contributed by atoms with van der Waals surface area (Å²) in [6.45, 7) is 2.14. The predicted octanol–water partition coefficient (Wildman–Crippen LogP) is 3.89. The fourth-order valence-electron chi connectivity index (χ4n) is 3.62. The summed E-state index contributed by atoms with van der Waals surface area (Å²) in [7, 11) is 0. The molecule has 1 atom stereocenters. The van der Waals surface area contributed by atoms with Crippen molar-refractivity contribution >= 4 is 17.3 Å². The van der Waals surface area contributed by atoms with Gasteiger partial charge < -0.3 is 10.7 Å². The number of hydrogen-bond acceptors (Lipinski definition) is 3. The second-order valence-corrected chi connectivity index (χ2v) is 6.65. The van der Waals surface area contributed by atoms with Gasteiger partial charge in [0.25, 0.3) is 5.91 Å². The molecule has 132 valence electrons. The lowest BCUT2D eigenvalue weighted by Crippen LogP contribution is -2.33. The monoisotopic (exact) mass is 346 g/mol. The van der Waals surface area contributed by atoms with Crippen LogP contribution in [0.25, 0.3) is 0 Å². The van der Waals surface area contributed by atoms with E-state index in [4.69, 9.17) is 5.73 Å². The van der Waals surface area contributed by atoms with Crippen molar-refractivity contribution in [2.75, 3.05) is 10.6 Å². The average Bonchev–Trinajstić information content (AvgIpc) is 3.26. The van der Waals surface area contributed by atoms with Crippen LogP contribution < -0.4 is 10.6 Å². The number of aromatic amines is 1. The number of amides is 1. The number of fused-ring (bicyclic) bond motifs is 1. The molecular weight excluding hydrogens is 324 g/mol. The molecule has 0 saturated carbocycles. The van der Waals surface area contributed by atoms with Gasteiger partial charge in [-0.1, -0.05) is 43.7 Å². The van der Waals surface area contributed by atoms with Crippen molar-refractivity contribution in [3.05, 3.63) is 77.4 Å². The number of benzene rings is 2. The summed E-state index contributed by atoms with van der Waals surface area (Å²) in [5, 5.41) is 0. The highest BCUT2D eigenvalue weighted by Crippen LogP contribution is 2.40. The molecule has 5 nitrogen and oxygen atoms in total. The van der Waals surface area contributed by atoms with Crippen LogP contribution in [0.1, 0.15) is 46.8 Å². The SMILES string of the molecule is CCCc1cnc([C@@H]2Cc3ccccc3N2C(=O)c2ccccc2N)[nH]1. The van der Waals surface area contributed by atoms with Gasteiger partial charge in [-0.15, -0.1) is 0 Å². The Morgan fingerprint density at radius 1 is 1.23 bits per heavy atom. The largest absolute Gasteiger partial charge is 0.398 e. The van der Waals surface area contributed by atoms with Crippen LogP contribution in [-0.2, 0) is 12.8 Å². The minimum atomic E-state index is -0.148. The predicted molar refractivity (Wildman–Crippen MR) is 103 cm³/mol. The second-order valence-electron chi connectivity index (χ2n) is 6.65. The number of nitrogen functional groups attached to an aromatic ring is 1. The van der Waals surface area contributed by atoms with E-state index in [1.165, 1.54) is 0 Å². The molecular formula is C21H22N4O. The van der Waals surface area contributed by atoms with Gasteiger partial charge in [-0.05, 0) is 30.2 Å². The van der Waals surface area contributed by atoms with Crippen LogP contribution in [0.2, 0.25) is 0 Å². The van der Waals surface area contributed by atoms with Crippen molar-refractivity contribution in [2.24, 2.45) is 0 Å². The van der Waals surface area contributed by atoms with Crippen molar-refractivity contribution in [1.29, 1.82) is 0 Å². The lowest BCUT2D eigenvalue weighted by atomic mass is 10.1. The van der Waals surface area contributed by atoms with Crippen molar-refractivity contribution in [3.63, 3.8) is 0 Å². The third-order valence-corrected chi connectivity index (χ3v) is 4.87. The van der Waals surface area contributed by atoms with Gasteiger partial charge in [0.15, 0.2) is 0 Å². The number of aryl methyl sites for hydroxylation is 1. The molecule has 2 heterocycles. The minimum Gasteiger partial charge on any atom is -0.398 e. The first-order valence-electron chi connectivity index (χ1n) is 8.98. The van der Waals surface area contributed by atoms with Gasteiger partial charge in [0.1, 0.15) is 5.82 Å². The van der Waals surface area contributed by atoms with E-state index in [0.29, 0.717) is 11.3 Å². The Morgan fingerprint density at radius 3 is 2.81 bits per heavy atom. The molecule has 3 aromatic rings. The standard InChI is InChI=1S/C21H22N4O/c1-2-7-15-13-23-20(24-15)19-12-14-8-3-6-11-18(14)25(19)21(26)16-9-4-5-10-17(16)22/h3-6,8-11,13,19H,2,7,12,22H2,1H3,(H,23,24)/t19-/m0/s1. The van der Waals surface area contributed by atoms with E-state index in [-0.39, 0.29) is 11.9 Å². The number of para-hydroxylation sites is 2. The normalized spacial score (nSPS) is 15.9. The molecule has 0 radical (unpaired) electrons. The van der Waals surface area contributed by atoms with Gasteiger partial charge in [0, 0.05) is 29.7 Å². The first-order valence-corrected chi connectivity index (χ1v) is 8.98. The summed E-state index contributed by atoms with van der Waals surface area (Å²) in [6, 6.07) is 15.1. The number of nitrogens with one attached hydrogen (secondary N) is 1. The van der Waals surface area contributed by atoms with Gasteiger partial charge in [0.05, 0.1) is 11.6 Å². The molecule has 5 heteroatoms. The lowest BCUT2D eigenvalue weighted by Gasteiger charge is -2.25. The van der Waals surface area contributed by atoms with Crippen molar-refractivity contribution < 1.29 is 4.79 Å².